The summed E-state index contributed by atoms with van der Waals surface area (Å²) in [6, 6.07) is 11.5. The number of nitrogens with zero attached hydrogens (tertiary/aromatic N) is 2. The summed E-state index contributed by atoms with van der Waals surface area (Å²) >= 11 is 1.56. The Hall–Kier alpha value is -2.93. The van der Waals surface area contributed by atoms with Crippen molar-refractivity contribution in [3.05, 3.63) is 86.5 Å². The largest absolute Gasteiger partial charge is 0.472 e. The zero-order valence-corrected chi connectivity index (χ0v) is 13.4. The van der Waals surface area contributed by atoms with Gasteiger partial charge in [0, 0.05) is 34.7 Å². The molecule has 3 rings (SSSR count). The van der Waals surface area contributed by atoms with Crippen LogP contribution in [-0.4, -0.2) is 15.7 Å². The minimum Gasteiger partial charge on any atom is -0.472 e. The molecule has 3 aromatic rings. The van der Waals surface area contributed by atoms with Gasteiger partial charge in [0.2, 0.25) is 0 Å². The van der Waals surface area contributed by atoms with E-state index in [9.17, 15) is 14.9 Å². The lowest BCUT2D eigenvalue weighted by Gasteiger charge is -2.21. The number of nitro groups is 1. The summed E-state index contributed by atoms with van der Waals surface area (Å²) in [7, 11) is 0. The number of amides is 1. The molecular weight excluding hydrogens is 328 g/mol. The average Bonchev–Trinajstić information content (AvgIpc) is 3.27. The molecule has 24 heavy (non-hydrogen) atoms. The third kappa shape index (κ3) is 3.69. The Morgan fingerprint density at radius 1 is 1.21 bits per heavy atom. The molecule has 122 valence electrons. The molecule has 7 heteroatoms. The van der Waals surface area contributed by atoms with Gasteiger partial charge in [0.1, 0.15) is 0 Å². The van der Waals surface area contributed by atoms with Gasteiger partial charge in [0.25, 0.3) is 11.6 Å². The SMILES string of the molecule is O=C(c1cccc([N+](=O)[O-])c1)N(Cc1ccoc1)Cc1cccs1. The van der Waals surface area contributed by atoms with Crippen molar-refractivity contribution < 1.29 is 14.1 Å². The highest BCUT2D eigenvalue weighted by Gasteiger charge is 2.19. The average molecular weight is 342 g/mol. The minimum absolute atomic E-state index is 0.0970. The van der Waals surface area contributed by atoms with Crippen LogP contribution in [0.25, 0.3) is 0 Å². The molecule has 0 spiro atoms. The molecule has 2 heterocycles. The first-order chi connectivity index (χ1) is 11.6. The van der Waals surface area contributed by atoms with E-state index < -0.39 is 4.92 Å². The highest BCUT2D eigenvalue weighted by atomic mass is 32.1. The number of carbonyl (C=O) groups is 1. The first-order valence-electron chi connectivity index (χ1n) is 7.20. The number of non-ortho nitro benzene ring substituents is 1. The van der Waals surface area contributed by atoms with E-state index in [1.54, 1.807) is 40.9 Å². The predicted molar refractivity (Wildman–Crippen MR) is 89.7 cm³/mol. The van der Waals surface area contributed by atoms with Gasteiger partial charge < -0.3 is 9.32 Å². The fraction of sp³-hybridized carbons (Fsp3) is 0.118. The molecule has 0 fully saturated rings. The lowest BCUT2D eigenvalue weighted by Crippen LogP contribution is -2.29. The van der Waals surface area contributed by atoms with Crippen molar-refractivity contribution in [2.24, 2.45) is 0 Å². The van der Waals surface area contributed by atoms with Crippen LogP contribution >= 0.6 is 11.3 Å². The summed E-state index contributed by atoms with van der Waals surface area (Å²) < 4.78 is 5.06. The van der Waals surface area contributed by atoms with Crippen LogP contribution in [0.5, 0.6) is 0 Å². The Labute approximate surface area is 142 Å². The summed E-state index contributed by atoms with van der Waals surface area (Å²) in [5.41, 5.74) is 1.06. The van der Waals surface area contributed by atoms with Crippen LogP contribution in [0.2, 0.25) is 0 Å². The molecule has 2 aromatic heterocycles. The monoisotopic (exact) mass is 342 g/mol. The summed E-state index contributed by atoms with van der Waals surface area (Å²) in [4.78, 5) is 26.0. The fourth-order valence-electron chi connectivity index (χ4n) is 2.33. The molecule has 1 amide bonds. The van der Waals surface area contributed by atoms with Crippen LogP contribution in [0.3, 0.4) is 0 Å². The van der Waals surface area contributed by atoms with E-state index in [0.717, 1.165) is 10.4 Å². The smallest absolute Gasteiger partial charge is 0.270 e. The number of hydrogen-bond acceptors (Lipinski definition) is 5. The van der Waals surface area contributed by atoms with Crippen LogP contribution in [0.1, 0.15) is 20.8 Å². The lowest BCUT2D eigenvalue weighted by molar-refractivity contribution is -0.384. The van der Waals surface area contributed by atoms with Crippen LogP contribution in [-0.2, 0) is 13.1 Å². The van der Waals surface area contributed by atoms with Crippen LogP contribution in [0.4, 0.5) is 5.69 Å². The Bertz CT molecular complexity index is 792. The molecule has 0 aliphatic heterocycles. The number of benzene rings is 1. The molecular formula is C17H14N2O4S. The van der Waals surface area contributed by atoms with Crippen LogP contribution < -0.4 is 0 Å². The van der Waals surface area contributed by atoms with Crippen molar-refractivity contribution in [3.63, 3.8) is 0 Å². The molecule has 0 aliphatic carbocycles. The van der Waals surface area contributed by atoms with E-state index in [-0.39, 0.29) is 11.6 Å². The van der Waals surface area contributed by atoms with Crippen molar-refractivity contribution in [1.82, 2.24) is 4.90 Å². The molecule has 0 unspecified atom stereocenters. The third-order valence-electron chi connectivity index (χ3n) is 3.47. The number of furan rings is 1. The second-order valence-corrected chi connectivity index (χ2v) is 6.21. The molecule has 0 radical (unpaired) electrons. The Morgan fingerprint density at radius 2 is 2.08 bits per heavy atom. The van der Waals surface area contributed by atoms with E-state index in [0.29, 0.717) is 18.7 Å². The second-order valence-electron chi connectivity index (χ2n) is 5.18. The molecule has 0 saturated carbocycles. The highest BCUT2D eigenvalue weighted by molar-refractivity contribution is 7.09. The van der Waals surface area contributed by atoms with E-state index in [4.69, 9.17) is 4.42 Å². The Kier molecular flexibility index (Phi) is 4.72. The molecule has 0 saturated heterocycles. The number of hydrogen-bond donors (Lipinski definition) is 0. The number of nitro benzene ring substituents is 1. The minimum atomic E-state index is -0.504. The van der Waals surface area contributed by atoms with E-state index in [2.05, 4.69) is 0 Å². The quantitative estimate of drug-likeness (QED) is 0.499. The molecule has 1 aromatic carbocycles. The zero-order valence-electron chi connectivity index (χ0n) is 12.6. The third-order valence-corrected chi connectivity index (χ3v) is 4.33. The summed E-state index contributed by atoms with van der Waals surface area (Å²) in [6.07, 6.45) is 3.14. The van der Waals surface area contributed by atoms with E-state index in [1.165, 1.54) is 18.2 Å². The van der Waals surface area contributed by atoms with Gasteiger partial charge in [-0.2, -0.15) is 0 Å². The topological polar surface area (TPSA) is 76.6 Å². The van der Waals surface area contributed by atoms with Crippen LogP contribution in [0, 0.1) is 10.1 Å². The Morgan fingerprint density at radius 3 is 2.75 bits per heavy atom. The van der Waals surface area contributed by atoms with Crippen molar-refractivity contribution in [2.75, 3.05) is 0 Å². The van der Waals surface area contributed by atoms with E-state index >= 15 is 0 Å². The first kappa shape index (κ1) is 15.9. The number of rotatable bonds is 6. The van der Waals surface area contributed by atoms with Crippen molar-refractivity contribution in [3.8, 4) is 0 Å². The molecule has 6 nitrogen and oxygen atoms in total. The standard InChI is InChI=1S/C17H14N2O4S/c20-17(14-3-1-4-15(9-14)19(21)22)18(10-13-6-7-23-12-13)11-16-5-2-8-24-16/h1-9,12H,10-11H2. The van der Waals surface area contributed by atoms with Gasteiger partial charge in [-0.25, -0.2) is 0 Å². The summed E-state index contributed by atoms with van der Waals surface area (Å²) in [6.45, 7) is 0.806. The zero-order chi connectivity index (χ0) is 16.9. The summed E-state index contributed by atoms with van der Waals surface area (Å²) in [5.74, 6) is -0.256. The van der Waals surface area contributed by atoms with Gasteiger partial charge in [-0.15, -0.1) is 11.3 Å². The molecule has 0 atom stereocenters. The van der Waals surface area contributed by atoms with Crippen molar-refractivity contribution >= 4 is 22.9 Å². The van der Waals surface area contributed by atoms with Crippen LogP contribution in [0.15, 0.2) is 64.8 Å². The number of carbonyl (C=O) groups excluding carboxylic acids is 1. The molecule has 0 bridgehead atoms. The van der Waals surface area contributed by atoms with Gasteiger partial charge in [0.15, 0.2) is 0 Å². The van der Waals surface area contributed by atoms with Gasteiger partial charge >= 0.3 is 0 Å². The molecule has 0 N–H and O–H groups in total. The van der Waals surface area contributed by atoms with Crippen molar-refractivity contribution in [1.29, 1.82) is 0 Å². The number of thiophene rings is 1. The van der Waals surface area contributed by atoms with E-state index in [1.807, 2.05) is 17.5 Å². The molecule has 0 aliphatic rings. The second kappa shape index (κ2) is 7.10. The van der Waals surface area contributed by atoms with Gasteiger partial charge in [-0.3, -0.25) is 14.9 Å². The maximum atomic E-state index is 12.8. The summed E-state index contributed by atoms with van der Waals surface area (Å²) in [5, 5.41) is 12.9. The fourth-order valence-corrected chi connectivity index (χ4v) is 3.05. The Balaban J connectivity index is 1.87. The maximum Gasteiger partial charge on any atom is 0.270 e. The van der Waals surface area contributed by atoms with Gasteiger partial charge in [-0.05, 0) is 23.6 Å². The van der Waals surface area contributed by atoms with Gasteiger partial charge in [0.05, 0.1) is 24.0 Å². The van der Waals surface area contributed by atoms with Crippen molar-refractivity contribution in [2.45, 2.75) is 13.1 Å². The van der Waals surface area contributed by atoms with Gasteiger partial charge in [-0.1, -0.05) is 12.1 Å². The predicted octanol–water partition coefficient (Wildman–Crippen LogP) is 4.09. The lowest BCUT2D eigenvalue weighted by atomic mass is 10.1. The highest BCUT2D eigenvalue weighted by Crippen LogP contribution is 2.20. The maximum absolute atomic E-state index is 12.8. The normalized spacial score (nSPS) is 10.5. The first-order valence-corrected chi connectivity index (χ1v) is 8.08.